The SMILES string of the molecule is O=C(CCCC(=O)c1cccs1)Nc1cc(-c2ccc(Cl)cc2)no1. The summed E-state index contributed by atoms with van der Waals surface area (Å²) in [6.07, 6.45) is 1.08. The van der Waals surface area contributed by atoms with Crippen LogP contribution < -0.4 is 5.32 Å². The second-order valence-corrected chi connectivity index (χ2v) is 6.77. The summed E-state index contributed by atoms with van der Waals surface area (Å²) in [5, 5.41) is 9.08. The molecule has 1 aromatic carbocycles. The van der Waals surface area contributed by atoms with E-state index < -0.39 is 0 Å². The van der Waals surface area contributed by atoms with Crippen LogP contribution in [0.3, 0.4) is 0 Å². The van der Waals surface area contributed by atoms with Crippen LogP contribution in [-0.4, -0.2) is 16.8 Å². The molecule has 2 aromatic heterocycles. The number of hydrogen-bond acceptors (Lipinski definition) is 5. The van der Waals surface area contributed by atoms with E-state index in [1.54, 1.807) is 24.3 Å². The maximum Gasteiger partial charge on any atom is 0.231 e. The largest absolute Gasteiger partial charge is 0.338 e. The van der Waals surface area contributed by atoms with E-state index in [1.165, 1.54) is 11.3 Å². The standard InChI is InChI=1S/C18H15ClN2O3S/c19-13-8-6-12(7-9-13)14-11-18(24-21-14)20-17(23)5-1-3-15(22)16-4-2-10-25-16/h2,4,6-11H,1,3,5H2,(H,20,23). The number of nitrogens with one attached hydrogen (secondary N) is 1. The molecule has 0 radical (unpaired) electrons. The van der Waals surface area contributed by atoms with E-state index in [1.807, 2.05) is 23.6 Å². The van der Waals surface area contributed by atoms with Crippen molar-refractivity contribution in [3.8, 4) is 11.3 Å². The van der Waals surface area contributed by atoms with E-state index in [0.717, 1.165) is 10.4 Å². The lowest BCUT2D eigenvalue weighted by molar-refractivity contribution is -0.116. The average Bonchev–Trinajstić information content (AvgIpc) is 3.27. The first kappa shape index (κ1) is 17.4. The summed E-state index contributed by atoms with van der Waals surface area (Å²) < 4.78 is 5.13. The van der Waals surface area contributed by atoms with Crippen LogP contribution in [-0.2, 0) is 4.79 Å². The average molecular weight is 375 g/mol. The Balaban J connectivity index is 1.48. The van der Waals surface area contributed by atoms with E-state index in [4.69, 9.17) is 16.1 Å². The smallest absolute Gasteiger partial charge is 0.231 e. The highest BCUT2D eigenvalue weighted by molar-refractivity contribution is 7.12. The Bertz CT molecular complexity index is 857. The quantitative estimate of drug-likeness (QED) is 0.587. The van der Waals surface area contributed by atoms with Crippen molar-refractivity contribution in [3.63, 3.8) is 0 Å². The number of hydrogen-bond donors (Lipinski definition) is 1. The number of halogens is 1. The number of anilines is 1. The van der Waals surface area contributed by atoms with Crippen molar-refractivity contribution in [3.05, 3.63) is 57.7 Å². The second-order valence-electron chi connectivity index (χ2n) is 5.39. The predicted octanol–water partition coefficient (Wildman–Crippen LogP) is 5.05. The zero-order chi connectivity index (χ0) is 17.6. The highest BCUT2D eigenvalue weighted by Crippen LogP contribution is 2.23. The number of rotatable bonds is 7. The van der Waals surface area contributed by atoms with Crippen LogP contribution in [0.1, 0.15) is 28.9 Å². The van der Waals surface area contributed by atoms with E-state index in [2.05, 4.69) is 10.5 Å². The van der Waals surface area contributed by atoms with Gasteiger partial charge in [-0.25, -0.2) is 0 Å². The molecule has 0 aliphatic heterocycles. The summed E-state index contributed by atoms with van der Waals surface area (Å²) in [4.78, 5) is 24.5. The fourth-order valence-electron chi connectivity index (χ4n) is 2.26. The summed E-state index contributed by atoms with van der Waals surface area (Å²) in [6.45, 7) is 0. The van der Waals surface area contributed by atoms with Crippen LogP contribution in [0.25, 0.3) is 11.3 Å². The Morgan fingerprint density at radius 1 is 1.16 bits per heavy atom. The molecule has 25 heavy (non-hydrogen) atoms. The molecule has 0 bridgehead atoms. The van der Waals surface area contributed by atoms with Crippen molar-refractivity contribution in [2.75, 3.05) is 5.32 Å². The van der Waals surface area contributed by atoms with Crippen molar-refractivity contribution in [1.82, 2.24) is 5.16 Å². The summed E-state index contributed by atoms with van der Waals surface area (Å²) >= 11 is 7.26. The van der Waals surface area contributed by atoms with Crippen LogP contribution in [0.2, 0.25) is 5.02 Å². The molecule has 1 N–H and O–H groups in total. The summed E-state index contributed by atoms with van der Waals surface area (Å²) in [5.74, 6) is 0.129. The number of aromatic nitrogens is 1. The molecule has 3 aromatic rings. The molecule has 1 amide bonds. The van der Waals surface area contributed by atoms with Crippen LogP contribution in [0.4, 0.5) is 5.88 Å². The molecule has 0 aliphatic carbocycles. The Morgan fingerprint density at radius 2 is 1.96 bits per heavy atom. The van der Waals surface area contributed by atoms with Crippen molar-refractivity contribution in [2.45, 2.75) is 19.3 Å². The first-order chi connectivity index (χ1) is 12.1. The molecule has 0 fully saturated rings. The maximum atomic E-state index is 11.9. The number of carbonyl (C=O) groups is 2. The van der Waals surface area contributed by atoms with Gasteiger partial charge < -0.3 is 4.52 Å². The van der Waals surface area contributed by atoms with Gasteiger partial charge in [0.1, 0.15) is 5.69 Å². The van der Waals surface area contributed by atoms with Gasteiger partial charge in [0.05, 0.1) is 4.88 Å². The lowest BCUT2D eigenvalue weighted by Gasteiger charge is -2.00. The second kappa shape index (κ2) is 8.09. The normalized spacial score (nSPS) is 10.6. The summed E-state index contributed by atoms with van der Waals surface area (Å²) in [7, 11) is 0. The predicted molar refractivity (Wildman–Crippen MR) is 98.1 cm³/mol. The molecule has 0 atom stereocenters. The molecule has 0 saturated heterocycles. The van der Waals surface area contributed by atoms with E-state index in [9.17, 15) is 9.59 Å². The van der Waals surface area contributed by atoms with Crippen molar-refractivity contribution in [1.29, 1.82) is 0 Å². The number of thiophene rings is 1. The van der Waals surface area contributed by atoms with Gasteiger partial charge in [0.25, 0.3) is 0 Å². The van der Waals surface area contributed by atoms with Crippen molar-refractivity contribution >= 4 is 40.5 Å². The summed E-state index contributed by atoms with van der Waals surface area (Å²) in [6, 6.07) is 12.4. The maximum absolute atomic E-state index is 11.9. The summed E-state index contributed by atoms with van der Waals surface area (Å²) in [5.41, 5.74) is 1.45. The van der Waals surface area contributed by atoms with Gasteiger partial charge in [-0.2, -0.15) is 0 Å². The number of Topliss-reactive ketones (excluding diaryl/α,β-unsaturated/α-hetero) is 1. The fourth-order valence-corrected chi connectivity index (χ4v) is 3.08. The van der Waals surface area contributed by atoms with Gasteiger partial charge in [0.2, 0.25) is 11.8 Å². The number of ketones is 1. The Hall–Kier alpha value is -2.44. The topological polar surface area (TPSA) is 72.2 Å². The molecular weight excluding hydrogens is 360 g/mol. The molecule has 7 heteroatoms. The highest BCUT2D eigenvalue weighted by atomic mass is 35.5. The third kappa shape index (κ3) is 4.78. The molecular formula is C18H15ClN2O3S. The van der Waals surface area contributed by atoms with Crippen molar-refractivity contribution in [2.24, 2.45) is 0 Å². The number of nitrogens with zero attached hydrogens (tertiary/aromatic N) is 1. The zero-order valence-electron chi connectivity index (χ0n) is 13.2. The van der Waals surface area contributed by atoms with Crippen LogP contribution >= 0.6 is 22.9 Å². The monoisotopic (exact) mass is 374 g/mol. The first-order valence-electron chi connectivity index (χ1n) is 7.71. The van der Waals surface area contributed by atoms with E-state index >= 15 is 0 Å². The molecule has 0 unspecified atom stereocenters. The van der Waals surface area contributed by atoms with Gasteiger partial charge in [0.15, 0.2) is 5.78 Å². The number of amides is 1. The van der Waals surface area contributed by atoms with Gasteiger partial charge >= 0.3 is 0 Å². The lowest BCUT2D eigenvalue weighted by Crippen LogP contribution is -2.11. The van der Waals surface area contributed by atoms with Gasteiger partial charge in [-0.15, -0.1) is 11.3 Å². The van der Waals surface area contributed by atoms with Crippen LogP contribution in [0, 0.1) is 0 Å². The van der Waals surface area contributed by atoms with E-state index in [-0.39, 0.29) is 24.0 Å². The minimum absolute atomic E-state index is 0.0625. The highest BCUT2D eigenvalue weighted by Gasteiger charge is 2.11. The number of carbonyl (C=O) groups excluding carboxylic acids is 2. The molecule has 0 spiro atoms. The van der Waals surface area contributed by atoms with Crippen LogP contribution in [0.15, 0.2) is 52.4 Å². The minimum atomic E-state index is -0.210. The van der Waals surface area contributed by atoms with Gasteiger partial charge in [-0.05, 0) is 30.0 Å². The molecule has 3 rings (SSSR count). The molecule has 128 valence electrons. The Morgan fingerprint density at radius 3 is 2.68 bits per heavy atom. The Labute approximate surface area is 153 Å². The lowest BCUT2D eigenvalue weighted by atomic mass is 10.1. The third-order valence-corrected chi connectivity index (χ3v) is 4.68. The first-order valence-corrected chi connectivity index (χ1v) is 8.97. The minimum Gasteiger partial charge on any atom is -0.338 e. The number of benzene rings is 1. The third-order valence-electron chi connectivity index (χ3n) is 3.52. The zero-order valence-corrected chi connectivity index (χ0v) is 14.8. The molecule has 0 aliphatic rings. The Kier molecular flexibility index (Phi) is 5.63. The van der Waals surface area contributed by atoms with E-state index in [0.29, 0.717) is 23.6 Å². The van der Waals surface area contributed by atoms with Gasteiger partial charge in [0, 0.05) is 29.5 Å². The van der Waals surface area contributed by atoms with Gasteiger partial charge in [-0.3, -0.25) is 14.9 Å². The molecule has 0 saturated carbocycles. The molecule has 2 heterocycles. The van der Waals surface area contributed by atoms with Crippen LogP contribution in [0.5, 0.6) is 0 Å². The van der Waals surface area contributed by atoms with Gasteiger partial charge in [-0.1, -0.05) is 35.0 Å². The molecule has 5 nitrogen and oxygen atoms in total. The fraction of sp³-hybridized carbons (Fsp3) is 0.167. The van der Waals surface area contributed by atoms with Crippen molar-refractivity contribution < 1.29 is 14.1 Å².